The van der Waals surface area contributed by atoms with Crippen LogP contribution in [-0.4, -0.2) is 16.8 Å². The van der Waals surface area contributed by atoms with Crippen LogP contribution in [0, 0.1) is 5.92 Å². The maximum absolute atomic E-state index is 11.1. The zero-order chi connectivity index (χ0) is 11.3. The number of benzene rings is 1. The van der Waals surface area contributed by atoms with Gasteiger partial charge in [0, 0.05) is 16.6 Å². The van der Waals surface area contributed by atoms with E-state index in [0.29, 0.717) is 5.75 Å². The van der Waals surface area contributed by atoms with Gasteiger partial charge < -0.3 is 5.11 Å². The third kappa shape index (κ3) is 3.45. The van der Waals surface area contributed by atoms with E-state index in [4.69, 9.17) is 5.84 Å². The number of amides is 1. The number of hydrogen-bond acceptors (Lipinski definition) is 4. The van der Waals surface area contributed by atoms with Gasteiger partial charge in [-0.3, -0.25) is 10.2 Å². The van der Waals surface area contributed by atoms with Crippen LogP contribution >= 0.6 is 11.8 Å². The van der Waals surface area contributed by atoms with Crippen LogP contribution in [0.5, 0.6) is 5.75 Å². The minimum Gasteiger partial charge on any atom is -0.507 e. The Balaban J connectivity index is 2.50. The summed E-state index contributed by atoms with van der Waals surface area (Å²) >= 11 is 1.43. The van der Waals surface area contributed by atoms with Crippen molar-refractivity contribution in [3.8, 4) is 5.75 Å². The second-order valence-corrected chi connectivity index (χ2v) is 4.25. The van der Waals surface area contributed by atoms with Gasteiger partial charge in [0.2, 0.25) is 5.91 Å². The first kappa shape index (κ1) is 11.9. The van der Waals surface area contributed by atoms with Crippen molar-refractivity contribution in [2.24, 2.45) is 11.8 Å². The first-order valence-electron chi connectivity index (χ1n) is 4.56. The molecule has 0 aromatic heterocycles. The minimum absolute atomic E-state index is 0.181. The van der Waals surface area contributed by atoms with E-state index < -0.39 is 0 Å². The number of thioether (sulfide) groups is 1. The molecule has 0 aliphatic heterocycles. The van der Waals surface area contributed by atoms with Crippen LogP contribution in [0.15, 0.2) is 29.2 Å². The number of para-hydroxylation sites is 1. The lowest BCUT2D eigenvalue weighted by Gasteiger charge is -2.09. The van der Waals surface area contributed by atoms with Gasteiger partial charge in [0.15, 0.2) is 0 Å². The topological polar surface area (TPSA) is 75.3 Å². The van der Waals surface area contributed by atoms with Gasteiger partial charge >= 0.3 is 0 Å². The van der Waals surface area contributed by atoms with E-state index in [0.717, 1.165) is 4.90 Å². The van der Waals surface area contributed by atoms with E-state index in [9.17, 15) is 9.90 Å². The molecular weight excluding hydrogens is 212 g/mol. The Morgan fingerprint density at radius 1 is 1.60 bits per heavy atom. The molecule has 4 nitrogen and oxygen atoms in total. The second-order valence-electron chi connectivity index (χ2n) is 3.19. The highest BCUT2D eigenvalue weighted by molar-refractivity contribution is 7.99. The fraction of sp³-hybridized carbons (Fsp3) is 0.300. The summed E-state index contributed by atoms with van der Waals surface area (Å²) in [6.45, 7) is 1.79. The highest BCUT2D eigenvalue weighted by atomic mass is 32.2. The summed E-state index contributed by atoms with van der Waals surface area (Å²) in [5.74, 6) is 5.46. The molecule has 0 saturated heterocycles. The van der Waals surface area contributed by atoms with E-state index in [2.05, 4.69) is 5.43 Å². The average Bonchev–Trinajstić information content (AvgIpc) is 2.26. The van der Waals surface area contributed by atoms with Crippen molar-refractivity contribution in [1.82, 2.24) is 5.43 Å². The van der Waals surface area contributed by atoms with Crippen LogP contribution in [-0.2, 0) is 4.79 Å². The van der Waals surface area contributed by atoms with E-state index in [1.807, 2.05) is 12.1 Å². The summed E-state index contributed by atoms with van der Waals surface area (Å²) in [5, 5.41) is 9.47. The molecule has 0 saturated carbocycles. The molecule has 1 amide bonds. The highest BCUT2D eigenvalue weighted by Gasteiger charge is 2.12. The smallest absolute Gasteiger partial charge is 0.237 e. The Morgan fingerprint density at radius 3 is 2.87 bits per heavy atom. The first-order valence-corrected chi connectivity index (χ1v) is 5.55. The Kier molecular flexibility index (Phi) is 4.45. The van der Waals surface area contributed by atoms with Gasteiger partial charge in [-0.25, -0.2) is 5.84 Å². The van der Waals surface area contributed by atoms with Gasteiger partial charge in [-0.1, -0.05) is 19.1 Å². The first-order chi connectivity index (χ1) is 7.15. The number of carbonyl (C=O) groups is 1. The van der Waals surface area contributed by atoms with Crippen LogP contribution < -0.4 is 11.3 Å². The molecule has 0 fully saturated rings. The lowest BCUT2D eigenvalue weighted by molar-refractivity contribution is -0.123. The molecule has 15 heavy (non-hydrogen) atoms. The molecular formula is C10H14N2O2S. The molecule has 0 aliphatic rings. The van der Waals surface area contributed by atoms with Crippen molar-refractivity contribution >= 4 is 17.7 Å². The average molecular weight is 226 g/mol. The van der Waals surface area contributed by atoms with Crippen molar-refractivity contribution in [3.05, 3.63) is 24.3 Å². The van der Waals surface area contributed by atoms with Crippen LogP contribution in [0.2, 0.25) is 0 Å². The number of aromatic hydroxyl groups is 1. The van der Waals surface area contributed by atoms with Crippen LogP contribution in [0.1, 0.15) is 6.92 Å². The fourth-order valence-electron chi connectivity index (χ4n) is 1.01. The molecule has 0 spiro atoms. The van der Waals surface area contributed by atoms with Gasteiger partial charge in [0.25, 0.3) is 0 Å². The van der Waals surface area contributed by atoms with Gasteiger partial charge in [-0.2, -0.15) is 0 Å². The monoisotopic (exact) mass is 226 g/mol. The molecule has 1 aromatic carbocycles. The number of hydrogen-bond donors (Lipinski definition) is 3. The summed E-state index contributed by atoms with van der Waals surface area (Å²) in [6.07, 6.45) is 0. The van der Waals surface area contributed by atoms with E-state index in [-0.39, 0.29) is 17.6 Å². The van der Waals surface area contributed by atoms with E-state index in [1.54, 1.807) is 19.1 Å². The third-order valence-corrected chi connectivity index (χ3v) is 3.27. The largest absolute Gasteiger partial charge is 0.507 e. The standard InChI is InChI=1S/C10H14N2O2S/c1-7(10(14)12-11)6-15-9-5-3-2-4-8(9)13/h2-5,7,13H,6,11H2,1H3,(H,12,14). The summed E-state index contributed by atoms with van der Waals surface area (Å²) in [6, 6.07) is 7.04. The second kappa shape index (κ2) is 5.63. The number of rotatable bonds is 4. The fourth-order valence-corrected chi connectivity index (χ4v) is 1.98. The van der Waals surface area contributed by atoms with Gasteiger partial charge in [-0.15, -0.1) is 11.8 Å². The van der Waals surface area contributed by atoms with Crippen molar-refractivity contribution in [3.63, 3.8) is 0 Å². The molecule has 0 radical (unpaired) electrons. The number of nitrogens with two attached hydrogens (primary N) is 1. The number of carbonyl (C=O) groups excluding carboxylic acids is 1. The third-order valence-electron chi connectivity index (χ3n) is 1.94. The zero-order valence-electron chi connectivity index (χ0n) is 8.43. The van der Waals surface area contributed by atoms with Gasteiger partial charge in [0.05, 0.1) is 0 Å². The quantitative estimate of drug-likeness (QED) is 0.311. The number of hydrazine groups is 1. The molecule has 82 valence electrons. The number of phenols is 1. The van der Waals surface area contributed by atoms with E-state index in [1.165, 1.54) is 11.8 Å². The molecule has 0 heterocycles. The molecule has 5 heteroatoms. The van der Waals surface area contributed by atoms with Crippen molar-refractivity contribution in [2.75, 3.05) is 5.75 Å². The Bertz CT molecular complexity index is 344. The molecule has 0 bridgehead atoms. The SMILES string of the molecule is CC(CSc1ccccc1O)C(=O)NN. The number of phenolic OH excluding ortho intramolecular Hbond substituents is 1. The lowest BCUT2D eigenvalue weighted by Crippen LogP contribution is -2.35. The molecule has 1 atom stereocenters. The lowest BCUT2D eigenvalue weighted by atomic mass is 10.2. The predicted octanol–water partition coefficient (Wildman–Crippen LogP) is 1.11. The van der Waals surface area contributed by atoms with Crippen LogP contribution in [0.3, 0.4) is 0 Å². The summed E-state index contributed by atoms with van der Waals surface area (Å²) in [7, 11) is 0. The van der Waals surface area contributed by atoms with Crippen molar-refractivity contribution in [2.45, 2.75) is 11.8 Å². The maximum Gasteiger partial charge on any atom is 0.237 e. The normalized spacial score (nSPS) is 12.1. The molecule has 1 aromatic rings. The predicted molar refractivity (Wildman–Crippen MR) is 60.3 cm³/mol. The Morgan fingerprint density at radius 2 is 2.27 bits per heavy atom. The summed E-state index contributed by atoms with van der Waals surface area (Å²) in [4.78, 5) is 11.9. The molecule has 1 unspecified atom stereocenters. The Hall–Kier alpha value is -1.20. The molecule has 1 rings (SSSR count). The maximum atomic E-state index is 11.1. The molecule has 4 N–H and O–H groups in total. The van der Waals surface area contributed by atoms with Gasteiger partial charge in [0.1, 0.15) is 5.75 Å². The van der Waals surface area contributed by atoms with Crippen molar-refractivity contribution in [1.29, 1.82) is 0 Å². The zero-order valence-corrected chi connectivity index (χ0v) is 9.25. The molecule has 0 aliphatic carbocycles. The minimum atomic E-state index is -0.196. The van der Waals surface area contributed by atoms with Crippen LogP contribution in [0.4, 0.5) is 0 Å². The van der Waals surface area contributed by atoms with E-state index >= 15 is 0 Å². The summed E-state index contributed by atoms with van der Waals surface area (Å²) < 4.78 is 0. The number of nitrogens with one attached hydrogen (secondary N) is 1. The van der Waals surface area contributed by atoms with Crippen molar-refractivity contribution < 1.29 is 9.90 Å². The van der Waals surface area contributed by atoms with Crippen LogP contribution in [0.25, 0.3) is 0 Å². The highest BCUT2D eigenvalue weighted by Crippen LogP contribution is 2.28. The summed E-state index contributed by atoms with van der Waals surface area (Å²) in [5.41, 5.74) is 2.10. The van der Waals surface area contributed by atoms with Gasteiger partial charge in [-0.05, 0) is 12.1 Å². The Labute approximate surface area is 92.8 Å².